The number of nitrogens with zero attached hydrogens (tertiary/aromatic N) is 4. The second-order valence-electron chi connectivity index (χ2n) is 5.15. The van der Waals surface area contributed by atoms with Gasteiger partial charge in [0.2, 0.25) is 5.82 Å². The van der Waals surface area contributed by atoms with Gasteiger partial charge in [0.15, 0.2) is 5.16 Å². The Morgan fingerprint density at radius 1 is 1.20 bits per heavy atom. The first-order valence-corrected chi connectivity index (χ1v) is 9.61. The Balaban J connectivity index is 1.84. The Morgan fingerprint density at radius 2 is 1.96 bits per heavy atom. The van der Waals surface area contributed by atoms with Crippen molar-refractivity contribution < 1.29 is 13.2 Å². The zero-order chi connectivity index (χ0) is 18.2. The average molecular weight is 405 g/mol. The summed E-state index contributed by atoms with van der Waals surface area (Å²) in [6, 6.07) is 7.77. The van der Waals surface area contributed by atoms with Crippen LogP contribution in [0.3, 0.4) is 0 Å². The summed E-state index contributed by atoms with van der Waals surface area (Å²) in [5.74, 6) is -0.682. The molecule has 0 aliphatic carbocycles. The Bertz CT molecular complexity index is 927. The third kappa shape index (κ3) is 3.88. The quantitative estimate of drug-likeness (QED) is 0.449. The summed E-state index contributed by atoms with van der Waals surface area (Å²) in [4.78, 5) is 5.46. The molecule has 0 N–H and O–H groups in total. The van der Waals surface area contributed by atoms with E-state index in [1.54, 1.807) is 11.8 Å². The minimum absolute atomic E-state index is 0.168. The van der Waals surface area contributed by atoms with Gasteiger partial charge in [0.25, 0.3) is 0 Å². The molecule has 2 heterocycles. The Morgan fingerprint density at radius 3 is 2.60 bits per heavy atom. The first-order valence-electron chi connectivity index (χ1n) is 7.02. The fourth-order valence-corrected chi connectivity index (χ4v) is 3.83. The van der Waals surface area contributed by atoms with Crippen LogP contribution in [0.25, 0.3) is 10.9 Å². The van der Waals surface area contributed by atoms with Gasteiger partial charge in [-0.15, -0.1) is 22.0 Å². The molecule has 0 saturated carbocycles. The summed E-state index contributed by atoms with van der Waals surface area (Å²) < 4.78 is 39.2. The van der Waals surface area contributed by atoms with E-state index in [0.717, 1.165) is 37.7 Å². The van der Waals surface area contributed by atoms with Crippen LogP contribution in [0.5, 0.6) is 0 Å². The molecular weight excluding hydrogens is 393 g/mol. The molecule has 0 bridgehead atoms. The van der Waals surface area contributed by atoms with Crippen LogP contribution in [0.1, 0.15) is 11.4 Å². The molecule has 0 aliphatic rings. The molecule has 0 unspecified atom stereocenters. The molecule has 132 valence electrons. The number of halogens is 4. The van der Waals surface area contributed by atoms with Gasteiger partial charge in [-0.3, -0.25) is 0 Å². The number of fused-ring (bicyclic) bond motifs is 1. The molecule has 0 saturated heterocycles. The van der Waals surface area contributed by atoms with Gasteiger partial charge in [-0.2, -0.15) is 13.2 Å². The highest BCUT2D eigenvalue weighted by molar-refractivity contribution is 7.98. The van der Waals surface area contributed by atoms with Gasteiger partial charge in [0, 0.05) is 28.6 Å². The second kappa shape index (κ2) is 7.05. The molecule has 4 nitrogen and oxygen atoms in total. The number of benzene rings is 1. The SMILES string of the molecule is CSc1ccc2cc(CSc3nnc(C(F)(F)F)n3C)c(Cl)nc2c1. The van der Waals surface area contributed by atoms with Gasteiger partial charge in [0.1, 0.15) is 5.15 Å². The molecule has 0 fully saturated rings. The molecule has 0 amide bonds. The molecule has 0 atom stereocenters. The van der Waals surface area contributed by atoms with E-state index >= 15 is 0 Å². The van der Waals surface area contributed by atoms with E-state index in [9.17, 15) is 13.2 Å². The number of rotatable bonds is 4. The second-order valence-corrected chi connectivity index (χ2v) is 7.33. The Kier molecular flexibility index (Phi) is 5.17. The largest absolute Gasteiger partial charge is 0.451 e. The molecule has 1 aromatic carbocycles. The lowest BCUT2D eigenvalue weighted by Gasteiger charge is -2.08. The Hall–Kier alpha value is -1.45. The maximum Gasteiger partial charge on any atom is 0.451 e. The van der Waals surface area contributed by atoms with Crippen molar-refractivity contribution in [3.05, 3.63) is 40.8 Å². The topological polar surface area (TPSA) is 43.6 Å². The number of thioether (sulfide) groups is 2. The highest BCUT2D eigenvalue weighted by Gasteiger charge is 2.37. The fourth-order valence-electron chi connectivity index (χ4n) is 2.23. The van der Waals surface area contributed by atoms with Crippen molar-refractivity contribution in [2.45, 2.75) is 22.0 Å². The van der Waals surface area contributed by atoms with Crippen molar-refractivity contribution in [3.63, 3.8) is 0 Å². The van der Waals surface area contributed by atoms with E-state index in [0.29, 0.717) is 10.9 Å². The summed E-state index contributed by atoms with van der Waals surface area (Å²) in [5, 5.41) is 8.23. The summed E-state index contributed by atoms with van der Waals surface area (Å²) in [5.41, 5.74) is 1.51. The van der Waals surface area contributed by atoms with E-state index in [1.807, 2.05) is 30.5 Å². The molecule has 25 heavy (non-hydrogen) atoms. The summed E-state index contributed by atoms with van der Waals surface area (Å²) in [7, 11) is 1.29. The molecule has 0 aliphatic heterocycles. The van der Waals surface area contributed by atoms with Crippen LogP contribution in [-0.4, -0.2) is 26.0 Å². The number of alkyl halides is 3. The van der Waals surface area contributed by atoms with E-state index in [1.165, 1.54) is 7.05 Å². The minimum atomic E-state index is -4.53. The lowest BCUT2D eigenvalue weighted by Crippen LogP contribution is -2.12. The lowest BCUT2D eigenvalue weighted by molar-refractivity contribution is -0.147. The average Bonchev–Trinajstić information content (AvgIpc) is 2.93. The predicted octanol–water partition coefficient (Wildman–Crippen LogP) is 5.05. The number of pyridine rings is 1. The van der Waals surface area contributed by atoms with Gasteiger partial charge in [-0.05, 0) is 24.5 Å². The molecule has 2 aromatic heterocycles. The van der Waals surface area contributed by atoms with Crippen LogP contribution in [0.2, 0.25) is 5.15 Å². The van der Waals surface area contributed by atoms with Gasteiger partial charge >= 0.3 is 6.18 Å². The molecular formula is C15H12ClF3N4S2. The number of aromatic nitrogens is 4. The van der Waals surface area contributed by atoms with Crippen molar-refractivity contribution >= 4 is 46.0 Å². The zero-order valence-corrected chi connectivity index (χ0v) is 15.5. The molecule has 0 radical (unpaired) electrons. The third-order valence-corrected chi connectivity index (χ3v) is 5.62. The number of hydrogen-bond acceptors (Lipinski definition) is 5. The first-order chi connectivity index (χ1) is 11.8. The molecule has 0 spiro atoms. The van der Waals surface area contributed by atoms with Crippen LogP contribution in [0, 0.1) is 0 Å². The normalized spacial score (nSPS) is 12.1. The van der Waals surface area contributed by atoms with Crippen LogP contribution < -0.4 is 0 Å². The van der Waals surface area contributed by atoms with Crippen molar-refractivity contribution in [1.29, 1.82) is 0 Å². The van der Waals surface area contributed by atoms with Crippen molar-refractivity contribution in [2.24, 2.45) is 7.05 Å². The Labute approximate surface area is 155 Å². The van der Waals surface area contributed by atoms with Crippen LogP contribution in [-0.2, 0) is 19.0 Å². The summed E-state index contributed by atoms with van der Waals surface area (Å²) in [6.45, 7) is 0. The summed E-state index contributed by atoms with van der Waals surface area (Å²) >= 11 is 8.97. The lowest BCUT2D eigenvalue weighted by atomic mass is 10.2. The third-order valence-electron chi connectivity index (χ3n) is 3.50. The van der Waals surface area contributed by atoms with Crippen LogP contribution in [0.15, 0.2) is 34.3 Å². The monoisotopic (exact) mass is 404 g/mol. The molecule has 10 heteroatoms. The van der Waals surface area contributed by atoms with E-state index < -0.39 is 12.0 Å². The van der Waals surface area contributed by atoms with Crippen LogP contribution >= 0.6 is 35.1 Å². The zero-order valence-electron chi connectivity index (χ0n) is 13.1. The smallest absolute Gasteiger partial charge is 0.302 e. The summed E-state index contributed by atoms with van der Waals surface area (Å²) in [6.07, 6.45) is -2.55. The first kappa shape index (κ1) is 18.3. The van der Waals surface area contributed by atoms with Gasteiger partial charge < -0.3 is 4.57 Å². The predicted molar refractivity (Wildman–Crippen MR) is 94.1 cm³/mol. The van der Waals surface area contributed by atoms with Crippen molar-refractivity contribution in [3.8, 4) is 0 Å². The van der Waals surface area contributed by atoms with E-state index in [2.05, 4.69) is 15.2 Å². The molecule has 3 rings (SSSR count). The molecule has 3 aromatic rings. The van der Waals surface area contributed by atoms with Gasteiger partial charge in [0.05, 0.1) is 5.52 Å². The maximum atomic E-state index is 12.8. The highest BCUT2D eigenvalue weighted by Crippen LogP contribution is 2.32. The standard InChI is InChI=1S/C15H12ClF3N4S2/c1-23-13(15(17,18)19)21-22-14(23)25-7-9-5-8-3-4-10(24-2)6-11(8)20-12(9)16/h3-6H,7H2,1-2H3. The fraction of sp³-hybridized carbons (Fsp3) is 0.267. The van der Waals surface area contributed by atoms with Gasteiger partial charge in [-0.25, -0.2) is 4.98 Å². The highest BCUT2D eigenvalue weighted by atomic mass is 35.5. The maximum absolute atomic E-state index is 12.8. The van der Waals surface area contributed by atoms with Crippen molar-refractivity contribution in [1.82, 2.24) is 19.7 Å². The van der Waals surface area contributed by atoms with Crippen LogP contribution in [0.4, 0.5) is 13.2 Å². The minimum Gasteiger partial charge on any atom is -0.302 e. The van der Waals surface area contributed by atoms with E-state index in [4.69, 9.17) is 11.6 Å². The van der Waals surface area contributed by atoms with Gasteiger partial charge in [-0.1, -0.05) is 29.4 Å². The van der Waals surface area contributed by atoms with Crippen molar-refractivity contribution in [2.75, 3.05) is 6.26 Å². The number of hydrogen-bond donors (Lipinski definition) is 0. The van der Waals surface area contributed by atoms with E-state index in [-0.39, 0.29) is 5.16 Å².